The minimum absolute atomic E-state index is 0.133. The molecule has 0 aromatic carbocycles. The predicted molar refractivity (Wildman–Crippen MR) is 106 cm³/mol. The summed E-state index contributed by atoms with van der Waals surface area (Å²) in [5.41, 5.74) is 6.05. The lowest BCUT2D eigenvalue weighted by Crippen LogP contribution is -2.60. The highest BCUT2D eigenvalue weighted by Gasteiger charge is 2.55. The molecule has 27 heavy (non-hydrogen) atoms. The summed E-state index contributed by atoms with van der Waals surface area (Å²) in [6.45, 7) is 2.50. The van der Waals surface area contributed by atoms with Crippen LogP contribution in [-0.4, -0.2) is 47.9 Å². The van der Waals surface area contributed by atoms with Crippen LogP contribution in [0.15, 0.2) is 29.8 Å². The first-order valence-corrected chi connectivity index (χ1v) is 11.3. The first-order chi connectivity index (χ1) is 12.8. The van der Waals surface area contributed by atoms with E-state index in [1.165, 1.54) is 17.7 Å². The quantitative estimate of drug-likeness (QED) is 0.789. The summed E-state index contributed by atoms with van der Waals surface area (Å²) in [4.78, 5) is 14.3. The van der Waals surface area contributed by atoms with Crippen LogP contribution in [0.2, 0.25) is 5.02 Å². The van der Waals surface area contributed by atoms with Crippen molar-refractivity contribution < 1.29 is 13.2 Å². The van der Waals surface area contributed by atoms with Gasteiger partial charge in [0.1, 0.15) is 22.4 Å². The van der Waals surface area contributed by atoms with Gasteiger partial charge in [0.15, 0.2) is 9.84 Å². The van der Waals surface area contributed by atoms with Gasteiger partial charge >= 0.3 is 0 Å². The topological polar surface area (TPSA) is 108 Å². The minimum Gasteiger partial charge on any atom is -0.386 e. The van der Waals surface area contributed by atoms with Crippen molar-refractivity contribution in [2.24, 2.45) is 10.7 Å². The fourth-order valence-corrected chi connectivity index (χ4v) is 7.83. The zero-order chi connectivity index (χ0) is 19.3. The molecule has 0 bridgehead atoms. The van der Waals surface area contributed by atoms with Crippen molar-refractivity contribution >= 4 is 38.6 Å². The number of nitrogens with two attached hydrogens (primary N) is 1. The molecule has 0 aliphatic carbocycles. The molecule has 7 nitrogen and oxygen atoms in total. The fraction of sp³-hybridized carbons (Fsp3) is 0.471. The average Bonchev–Trinajstić information content (AvgIpc) is 3.04. The van der Waals surface area contributed by atoms with E-state index in [1.807, 2.05) is 0 Å². The van der Waals surface area contributed by atoms with Crippen LogP contribution in [0.1, 0.15) is 24.6 Å². The summed E-state index contributed by atoms with van der Waals surface area (Å²) < 4.78 is 30.8. The molecule has 1 fully saturated rings. The molecule has 2 aromatic heterocycles. The first-order valence-electron chi connectivity index (χ1n) is 8.48. The number of halogens is 1. The highest BCUT2D eigenvalue weighted by atomic mass is 35.5. The zero-order valence-corrected chi connectivity index (χ0v) is 17.1. The fourth-order valence-electron chi connectivity index (χ4n) is 3.76. The first kappa shape index (κ1) is 18.8. The molecule has 0 saturated carbocycles. The van der Waals surface area contributed by atoms with Crippen molar-refractivity contribution in [1.82, 2.24) is 9.97 Å². The number of hydrogen-bond donors (Lipinski definition) is 1. The van der Waals surface area contributed by atoms with Crippen molar-refractivity contribution in [1.29, 1.82) is 0 Å². The second-order valence-electron chi connectivity index (χ2n) is 7.05. The molecule has 10 heteroatoms. The van der Waals surface area contributed by atoms with Gasteiger partial charge in [-0.2, -0.15) is 0 Å². The number of nitrogens with zero attached hydrogens (tertiary/aromatic N) is 3. The summed E-state index contributed by atoms with van der Waals surface area (Å²) in [6, 6.07) is 1.79. The molecule has 0 amide bonds. The van der Waals surface area contributed by atoms with Gasteiger partial charge in [-0.25, -0.2) is 18.4 Å². The lowest BCUT2D eigenvalue weighted by Gasteiger charge is -2.43. The van der Waals surface area contributed by atoms with Crippen LogP contribution in [0.25, 0.3) is 10.4 Å². The van der Waals surface area contributed by atoms with Gasteiger partial charge in [-0.1, -0.05) is 11.6 Å². The maximum Gasteiger partial charge on any atom is 0.166 e. The number of aliphatic imine (C=N–C) groups is 1. The van der Waals surface area contributed by atoms with Crippen LogP contribution < -0.4 is 5.73 Å². The van der Waals surface area contributed by atoms with Crippen molar-refractivity contribution in [2.45, 2.75) is 30.1 Å². The molecule has 144 valence electrons. The molecule has 1 atom stereocenters. The monoisotopic (exact) mass is 426 g/mol. The number of rotatable bonds is 2. The van der Waals surface area contributed by atoms with Gasteiger partial charge in [0.2, 0.25) is 0 Å². The molecule has 2 N–H and O–H groups in total. The van der Waals surface area contributed by atoms with Crippen LogP contribution in [0.4, 0.5) is 0 Å². The van der Waals surface area contributed by atoms with Crippen LogP contribution in [-0.2, 0) is 20.1 Å². The Morgan fingerprint density at radius 1 is 1.26 bits per heavy atom. The van der Waals surface area contributed by atoms with E-state index < -0.39 is 20.1 Å². The Morgan fingerprint density at radius 3 is 2.56 bits per heavy atom. The second kappa shape index (κ2) is 6.51. The largest absolute Gasteiger partial charge is 0.386 e. The molecule has 0 radical (unpaired) electrons. The SMILES string of the molecule is CC1(c2sc(-c3cncnc3)cc2Cl)CS(=O)(=O)C2(CCOCC2)C(N)=N1. The summed E-state index contributed by atoms with van der Waals surface area (Å²) in [6.07, 6.45) is 5.51. The van der Waals surface area contributed by atoms with Crippen molar-refractivity contribution in [3.05, 3.63) is 34.7 Å². The molecule has 2 aliphatic rings. The van der Waals surface area contributed by atoms with E-state index in [2.05, 4.69) is 15.0 Å². The predicted octanol–water partition coefficient (Wildman–Crippen LogP) is 2.41. The number of sulfone groups is 1. The Hall–Kier alpha value is -1.55. The molecule has 4 heterocycles. The van der Waals surface area contributed by atoms with E-state index in [1.54, 1.807) is 25.4 Å². The standard InChI is InChI=1S/C17H19ClN4O3S2/c1-16(14-12(18)6-13(26-14)11-7-20-10-21-8-11)9-27(23,24)17(15(19)22-16)2-4-25-5-3-17/h6-8,10H,2-5,9H2,1H3,(H2,19,22). The summed E-state index contributed by atoms with van der Waals surface area (Å²) in [5, 5.41) is 0.469. The Kier molecular flexibility index (Phi) is 4.53. The molecule has 1 unspecified atom stereocenters. The average molecular weight is 427 g/mol. The van der Waals surface area contributed by atoms with Gasteiger partial charge in [0.25, 0.3) is 0 Å². The molecular weight excluding hydrogens is 408 g/mol. The number of hydrogen-bond acceptors (Lipinski definition) is 8. The van der Waals surface area contributed by atoms with E-state index in [0.717, 1.165) is 10.4 Å². The van der Waals surface area contributed by atoms with Crippen molar-refractivity contribution in [2.75, 3.05) is 19.0 Å². The molecule has 1 saturated heterocycles. The van der Waals surface area contributed by atoms with Gasteiger partial charge in [0.05, 0.1) is 15.7 Å². The third kappa shape index (κ3) is 2.97. The molecular formula is C17H19ClN4O3S2. The van der Waals surface area contributed by atoms with E-state index in [-0.39, 0.29) is 11.6 Å². The molecule has 1 spiro atoms. The Labute approximate surface area is 166 Å². The number of thiophene rings is 1. The third-order valence-electron chi connectivity index (χ3n) is 5.22. The Balaban J connectivity index is 1.80. The van der Waals surface area contributed by atoms with E-state index in [9.17, 15) is 8.42 Å². The van der Waals surface area contributed by atoms with Gasteiger partial charge < -0.3 is 10.5 Å². The lowest BCUT2D eigenvalue weighted by molar-refractivity contribution is 0.0875. The summed E-state index contributed by atoms with van der Waals surface area (Å²) >= 11 is 7.87. The lowest BCUT2D eigenvalue weighted by atomic mass is 9.95. The number of aromatic nitrogens is 2. The maximum atomic E-state index is 13.3. The van der Waals surface area contributed by atoms with E-state index in [0.29, 0.717) is 36.0 Å². The molecule has 4 rings (SSSR count). The Bertz CT molecular complexity index is 1000. The minimum atomic E-state index is -3.54. The number of ether oxygens (including phenoxy) is 1. The van der Waals surface area contributed by atoms with Gasteiger partial charge in [-0.05, 0) is 25.8 Å². The van der Waals surface area contributed by atoms with Gasteiger partial charge in [-0.15, -0.1) is 11.3 Å². The smallest absolute Gasteiger partial charge is 0.166 e. The van der Waals surface area contributed by atoms with Crippen LogP contribution in [0, 0.1) is 0 Å². The number of amidine groups is 1. The van der Waals surface area contributed by atoms with Crippen LogP contribution in [0.5, 0.6) is 0 Å². The van der Waals surface area contributed by atoms with Crippen molar-refractivity contribution in [3.8, 4) is 10.4 Å². The van der Waals surface area contributed by atoms with Crippen LogP contribution in [0.3, 0.4) is 0 Å². The molecule has 2 aromatic rings. The Morgan fingerprint density at radius 2 is 1.93 bits per heavy atom. The zero-order valence-electron chi connectivity index (χ0n) is 14.7. The van der Waals surface area contributed by atoms with Crippen LogP contribution >= 0.6 is 22.9 Å². The summed E-state index contributed by atoms with van der Waals surface area (Å²) in [5.74, 6) is 0.0275. The maximum absolute atomic E-state index is 13.3. The van der Waals surface area contributed by atoms with E-state index in [4.69, 9.17) is 22.1 Å². The summed E-state index contributed by atoms with van der Waals surface area (Å²) in [7, 11) is -3.54. The third-order valence-corrected chi connectivity index (χ3v) is 9.82. The van der Waals surface area contributed by atoms with Gasteiger partial charge in [0, 0.05) is 36.0 Å². The van der Waals surface area contributed by atoms with E-state index >= 15 is 0 Å². The highest BCUT2D eigenvalue weighted by Crippen LogP contribution is 2.47. The second-order valence-corrected chi connectivity index (χ2v) is 10.8. The molecule has 2 aliphatic heterocycles. The normalized spacial score (nSPS) is 26.7. The van der Waals surface area contributed by atoms with Crippen molar-refractivity contribution in [3.63, 3.8) is 0 Å². The highest BCUT2D eigenvalue weighted by molar-refractivity contribution is 7.93. The van der Waals surface area contributed by atoms with Gasteiger partial charge in [-0.3, -0.25) is 4.99 Å².